The molecule has 0 aromatic heterocycles. The van der Waals surface area contributed by atoms with Crippen molar-refractivity contribution in [2.24, 2.45) is 0 Å². The van der Waals surface area contributed by atoms with Crippen LogP contribution >= 0.6 is 0 Å². The zero-order chi connectivity index (χ0) is 10.7. The summed E-state index contributed by atoms with van der Waals surface area (Å²) in [5.41, 5.74) is 2.85. The highest BCUT2D eigenvalue weighted by Crippen LogP contribution is 2.33. The van der Waals surface area contributed by atoms with E-state index in [0.717, 1.165) is 36.0 Å². The molecule has 1 aromatic rings. The lowest BCUT2D eigenvalue weighted by molar-refractivity contribution is 0.129. The number of unbranched alkanes of at least 4 members (excludes halogenated alkanes) is 1. The number of fused-ring (bicyclic) bond motifs is 1. The van der Waals surface area contributed by atoms with Crippen LogP contribution in [0.15, 0.2) is 30.3 Å². The highest BCUT2D eigenvalue weighted by Gasteiger charge is 2.19. The average Bonchev–Trinajstić information content (AvgIpc) is 2.28. The normalized spacial score (nSPS) is 14.8. The Morgan fingerprint density at radius 3 is 2.93 bits per heavy atom. The second-order valence-electron chi connectivity index (χ2n) is 3.80. The van der Waals surface area contributed by atoms with Gasteiger partial charge in [0.05, 0.1) is 0 Å². The molecule has 2 heteroatoms. The summed E-state index contributed by atoms with van der Waals surface area (Å²) in [6.45, 7) is 2.46. The molecule has 0 N–H and O–H groups in total. The molecular formula is C13H15FO. The maximum atomic E-state index is 13.5. The van der Waals surface area contributed by atoms with Crippen LogP contribution in [0.25, 0.3) is 5.57 Å². The van der Waals surface area contributed by atoms with Gasteiger partial charge in [0.1, 0.15) is 6.61 Å². The van der Waals surface area contributed by atoms with Gasteiger partial charge in [-0.25, -0.2) is 0 Å². The second kappa shape index (κ2) is 4.47. The van der Waals surface area contributed by atoms with Gasteiger partial charge in [0.25, 0.3) is 6.01 Å². The van der Waals surface area contributed by atoms with Crippen LogP contribution in [0.4, 0.5) is 4.39 Å². The van der Waals surface area contributed by atoms with Gasteiger partial charge in [0.15, 0.2) is 0 Å². The van der Waals surface area contributed by atoms with E-state index in [9.17, 15) is 4.39 Å². The van der Waals surface area contributed by atoms with Gasteiger partial charge in [0, 0.05) is 5.57 Å². The lowest BCUT2D eigenvalue weighted by Crippen LogP contribution is -2.05. The molecule has 0 spiro atoms. The van der Waals surface area contributed by atoms with Gasteiger partial charge in [-0.05, 0) is 24.0 Å². The Bertz CT molecular complexity index is 382. The van der Waals surface area contributed by atoms with E-state index in [2.05, 4.69) is 6.92 Å². The Hall–Kier alpha value is -1.31. The number of ether oxygens (including phenoxy) is 1. The molecule has 0 saturated carbocycles. The lowest BCUT2D eigenvalue weighted by atomic mass is 9.95. The van der Waals surface area contributed by atoms with E-state index < -0.39 is 0 Å². The van der Waals surface area contributed by atoms with E-state index in [0.29, 0.717) is 6.61 Å². The van der Waals surface area contributed by atoms with E-state index >= 15 is 0 Å². The first kappa shape index (κ1) is 10.2. The molecule has 1 nitrogen and oxygen atoms in total. The van der Waals surface area contributed by atoms with Crippen LogP contribution in [0, 0.1) is 0 Å². The van der Waals surface area contributed by atoms with Crippen LogP contribution in [0.1, 0.15) is 37.3 Å². The van der Waals surface area contributed by atoms with E-state index in [1.807, 2.05) is 24.3 Å². The zero-order valence-electron chi connectivity index (χ0n) is 8.92. The molecule has 1 heterocycles. The van der Waals surface area contributed by atoms with Crippen molar-refractivity contribution < 1.29 is 9.13 Å². The minimum atomic E-state index is -0.387. The summed E-state index contributed by atoms with van der Waals surface area (Å²) in [4.78, 5) is 0. The molecule has 80 valence electrons. The molecule has 0 unspecified atom stereocenters. The van der Waals surface area contributed by atoms with Gasteiger partial charge in [-0.3, -0.25) is 0 Å². The van der Waals surface area contributed by atoms with Gasteiger partial charge in [-0.1, -0.05) is 37.6 Å². The highest BCUT2D eigenvalue weighted by atomic mass is 19.1. The minimum absolute atomic E-state index is 0.359. The molecule has 0 atom stereocenters. The Kier molecular flexibility index (Phi) is 3.05. The minimum Gasteiger partial charge on any atom is -0.466 e. The fraction of sp³-hybridized carbons (Fsp3) is 0.385. The van der Waals surface area contributed by atoms with E-state index in [1.54, 1.807) is 0 Å². The van der Waals surface area contributed by atoms with Crippen LogP contribution in [-0.2, 0) is 11.3 Å². The monoisotopic (exact) mass is 206 g/mol. The number of halogens is 1. The van der Waals surface area contributed by atoms with Crippen molar-refractivity contribution in [2.45, 2.75) is 32.8 Å². The van der Waals surface area contributed by atoms with Crippen molar-refractivity contribution >= 4 is 5.57 Å². The third kappa shape index (κ3) is 2.04. The summed E-state index contributed by atoms with van der Waals surface area (Å²) in [5.74, 6) is 0. The van der Waals surface area contributed by atoms with Crippen LogP contribution in [-0.4, -0.2) is 0 Å². The van der Waals surface area contributed by atoms with Crippen LogP contribution < -0.4 is 0 Å². The third-order valence-electron chi connectivity index (χ3n) is 2.71. The molecule has 1 aliphatic heterocycles. The first-order chi connectivity index (χ1) is 7.33. The van der Waals surface area contributed by atoms with Crippen molar-refractivity contribution in [1.29, 1.82) is 0 Å². The summed E-state index contributed by atoms with van der Waals surface area (Å²) in [6.07, 6.45) is 2.83. The fourth-order valence-electron chi connectivity index (χ4n) is 1.86. The van der Waals surface area contributed by atoms with Crippen molar-refractivity contribution in [3.05, 3.63) is 41.4 Å². The van der Waals surface area contributed by atoms with Crippen LogP contribution in [0.5, 0.6) is 0 Å². The predicted octanol–water partition coefficient (Wildman–Crippen LogP) is 4.05. The molecule has 1 aliphatic rings. The molecule has 0 amide bonds. The third-order valence-corrected chi connectivity index (χ3v) is 2.71. The smallest absolute Gasteiger partial charge is 0.276 e. The second-order valence-corrected chi connectivity index (χ2v) is 3.80. The summed E-state index contributed by atoms with van der Waals surface area (Å²) in [6, 6.07) is 7.49. The molecule has 15 heavy (non-hydrogen) atoms. The molecule has 0 bridgehead atoms. The quantitative estimate of drug-likeness (QED) is 0.725. The largest absolute Gasteiger partial charge is 0.466 e. The molecule has 0 fully saturated rings. The van der Waals surface area contributed by atoms with Crippen molar-refractivity contribution in [1.82, 2.24) is 0 Å². The number of hydrogen-bond acceptors (Lipinski definition) is 1. The molecule has 0 saturated heterocycles. The molecule has 0 radical (unpaired) electrons. The number of allylic oxidation sites excluding steroid dienone is 1. The van der Waals surface area contributed by atoms with Crippen LogP contribution in [0.2, 0.25) is 0 Å². The summed E-state index contributed by atoms with van der Waals surface area (Å²) in [7, 11) is 0. The topological polar surface area (TPSA) is 9.23 Å². The SMILES string of the molecule is CCCCC1=C(F)OCc2ccccc21. The van der Waals surface area contributed by atoms with Crippen molar-refractivity contribution in [3.8, 4) is 0 Å². The maximum Gasteiger partial charge on any atom is 0.276 e. The van der Waals surface area contributed by atoms with Crippen molar-refractivity contribution in [3.63, 3.8) is 0 Å². The number of benzene rings is 1. The van der Waals surface area contributed by atoms with Gasteiger partial charge >= 0.3 is 0 Å². The highest BCUT2D eigenvalue weighted by molar-refractivity contribution is 5.70. The Morgan fingerprint density at radius 2 is 2.13 bits per heavy atom. The summed E-state index contributed by atoms with van der Waals surface area (Å²) in [5, 5.41) is 0. The molecule has 1 aromatic carbocycles. The van der Waals surface area contributed by atoms with E-state index in [1.165, 1.54) is 0 Å². The van der Waals surface area contributed by atoms with Gasteiger partial charge in [-0.2, -0.15) is 4.39 Å². The van der Waals surface area contributed by atoms with Gasteiger partial charge < -0.3 is 4.74 Å². The van der Waals surface area contributed by atoms with Crippen LogP contribution in [0.3, 0.4) is 0 Å². The van der Waals surface area contributed by atoms with Gasteiger partial charge in [0.2, 0.25) is 0 Å². The first-order valence-electron chi connectivity index (χ1n) is 5.42. The average molecular weight is 206 g/mol. The van der Waals surface area contributed by atoms with Gasteiger partial charge in [-0.15, -0.1) is 0 Å². The van der Waals surface area contributed by atoms with E-state index in [4.69, 9.17) is 4.74 Å². The number of hydrogen-bond donors (Lipinski definition) is 0. The molecule has 0 aliphatic carbocycles. The number of rotatable bonds is 3. The Morgan fingerprint density at radius 1 is 1.33 bits per heavy atom. The predicted molar refractivity (Wildman–Crippen MR) is 58.8 cm³/mol. The Labute approximate surface area is 89.6 Å². The van der Waals surface area contributed by atoms with E-state index in [-0.39, 0.29) is 6.01 Å². The van der Waals surface area contributed by atoms with Crippen molar-refractivity contribution in [2.75, 3.05) is 0 Å². The molecular weight excluding hydrogens is 191 g/mol. The summed E-state index contributed by atoms with van der Waals surface area (Å²) >= 11 is 0. The standard InChI is InChI=1S/C13H15FO/c1-2-3-7-12-11-8-5-4-6-10(11)9-15-13(12)14/h4-6,8H,2-3,7,9H2,1H3. The lowest BCUT2D eigenvalue weighted by Gasteiger charge is -2.19. The maximum absolute atomic E-state index is 13.5. The Balaban J connectivity index is 2.33. The fourth-order valence-corrected chi connectivity index (χ4v) is 1.86. The molecule has 2 rings (SSSR count). The zero-order valence-corrected chi connectivity index (χ0v) is 8.92. The first-order valence-corrected chi connectivity index (χ1v) is 5.42. The summed E-state index contributed by atoms with van der Waals surface area (Å²) < 4.78 is 18.5.